The maximum absolute atomic E-state index is 12.7. The van der Waals surface area contributed by atoms with Gasteiger partial charge in [0, 0.05) is 5.70 Å². The van der Waals surface area contributed by atoms with Gasteiger partial charge in [0.1, 0.15) is 5.82 Å². The lowest BCUT2D eigenvalue weighted by Gasteiger charge is -2.21. The van der Waals surface area contributed by atoms with Crippen molar-refractivity contribution < 1.29 is 4.39 Å². The smallest absolute Gasteiger partial charge is 0.123 e. The number of nitrogens with zero attached hydrogens (tertiary/aromatic N) is 1. The Morgan fingerprint density at radius 1 is 1.27 bits per heavy atom. The fraction of sp³-hybridized carbons (Fsp3) is 0.333. The van der Waals surface area contributed by atoms with E-state index in [1.807, 2.05) is 13.8 Å². The van der Waals surface area contributed by atoms with Crippen LogP contribution in [0.1, 0.15) is 27.2 Å². The first-order valence-electron chi connectivity index (χ1n) is 5.03. The van der Waals surface area contributed by atoms with Crippen molar-refractivity contribution in [2.75, 3.05) is 5.01 Å². The molecule has 15 heavy (non-hydrogen) atoms. The molecule has 2 nitrogen and oxygen atoms in total. The summed E-state index contributed by atoms with van der Waals surface area (Å²) in [6.07, 6.45) is 0.959. The molecule has 1 aromatic carbocycles. The molecule has 0 fully saturated rings. The van der Waals surface area contributed by atoms with E-state index in [2.05, 4.69) is 6.92 Å². The van der Waals surface area contributed by atoms with Crippen molar-refractivity contribution in [1.82, 2.24) is 0 Å². The van der Waals surface area contributed by atoms with E-state index in [0.29, 0.717) is 0 Å². The first-order valence-corrected chi connectivity index (χ1v) is 5.03. The number of hydrazine groups is 1. The summed E-state index contributed by atoms with van der Waals surface area (Å²) in [4.78, 5) is 0. The van der Waals surface area contributed by atoms with Crippen LogP contribution in [0.2, 0.25) is 0 Å². The molecule has 0 heterocycles. The highest BCUT2D eigenvalue weighted by atomic mass is 19.1. The number of hydrogen-bond acceptors (Lipinski definition) is 2. The lowest BCUT2D eigenvalue weighted by atomic mass is 10.2. The highest BCUT2D eigenvalue weighted by molar-refractivity contribution is 5.50. The summed E-state index contributed by atoms with van der Waals surface area (Å²) in [6, 6.07) is 6.15. The van der Waals surface area contributed by atoms with E-state index in [1.54, 1.807) is 17.1 Å². The quantitative estimate of drug-likeness (QED) is 0.610. The first kappa shape index (κ1) is 11.7. The summed E-state index contributed by atoms with van der Waals surface area (Å²) in [5.41, 5.74) is 3.02. The van der Waals surface area contributed by atoms with Gasteiger partial charge in [-0.25, -0.2) is 10.2 Å². The Bertz CT molecular complexity index is 354. The van der Waals surface area contributed by atoms with Crippen LogP contribution in [0.4, 0.5) is 10.1 Å². The van der Waals surface area contributed by atoms with Gasteiger partial charge in [-0.2, -0.15) is 0 Å². The SMILES string of the molecule is CC/C(C)=C(/C)N(N)c1ccc(F)cc1. The van der Waals surface area contributed by atoms with Crippen LogP contribution in [0.5, 0.6) is 0 Å². The topological polar surface area (TPSA) is 29.3 Å². The van der Waals surface area contributed by atoms with Gasteiger partial charge in [-0.05, 0) is 44.5 Å². The monoisotopic (exact) mass is 208 g/mol. The van der Waals surface area contributed by atoms with Gasteiger partial charge in [0.2, 0.25) is 0 Å². The zero-order valence-corrected chi connectivity index (χ0v) is 9.42. The van der Waals surface area contributed by atoms with Crippen LogP contribution in [0.3, 0.4) is 0 Å². The van der Waals surface area contributed by atoms with Gasteiger partial charge in [0.05, 0.1) is 5.69 Å². The largest absolute Gasteiger partial charge is 0.284 e. The molecule has 82 valence electrons. The summed E-state index contributed by atoms with van der Waals surface area (Å²) in [5, 5.41) is 1.58. The second-order valence-corrected chi connectivity index (χ2v) is 3.57. The standard InChI is InChI=1S/C12H17FN2/c1-4-9(2)10(3)15(14)12-7-5-11(13)6-8-12/h5-8H,4,14H2,1-3H3/b10-9-. The molecular formula is C12H17FN2. The minimum atomic E-state index is -0.249. The van der Waals surface area contributed by atoms with Crippen molar-refractivity contribution in [2.45, 2.75) is 27.2 Å². The number of anilines is 1. The van der Waals surface area contributed by atoms with E-state index in [0.717, 1.165) is 17.8 Å². The summed E-state index contributed by atoms with van der Waals surface area (Å²) in [5.74, 6) is 5.67. The average molecular weight is 208 g/mol. The molecule has 0 spiro atoms. The Morgan fingerprint density at radius 3 is 2.27 bits per heavy atom. The second-order valence-electron chi connectivity index (χ2n) is 3.57. The van der Waals surface area contributed by atoms with Crippen molar-refractivity contribution in [3.05, 3.63) is 41.4 Å². The van der Waals surface area contributed by atoms with Crippen molar-refractivity contribution in [3.8, 4) is 0 Å². The Hall–Kier alpha value is -1.35. The molecule has 0 radical (unpaired) electrons. The predicted octanol–water partition coefficient (Wildman–Crippen LogP) is 3.21. The number of hydrogen-bond donors (Lipinski definition) is 1. The van der Waals surface area contributed by atoms with Crippen molar-refractivity contribution in [2.24, 2.45) is 5.84 Å². The third kappa shape index (κ3) is 2.80. The molecule has 3 heteroatoms. The maximum Gasteiger partial charge on any atom is 0.123 e. The van der Waals surface area contributed by atoms with Gasteiger partial charge in [-0.1, -0.05) is 12.5 Å². The van der Waals surface area contributed by atoms with E-state index >= 15 is 0 Å². The molecule has 0 bridgehead atoms. The minimum Gasteiger partial charge on any atom is -0.284 e. The van der Waals surface area contributed by atoms with E-state index in [9.17, 15) is 4.39 Å². The molecule has 0 aliphatic rings. The molecule has 0 aliphatic carbocycles. The van der Waals surface area contributed by atoms with Crippen molar-refractivity contribution in [1.29, 1.82) is 0 Å². The second kappa shape index (κ2) is 4.94. The Balaban J connectivity index is 2.94. The molecule has 0 saturated carbocycles. The van der Waals surface area contributed by atoms with Gasteiger partial charge >= 0.3 is 0 Å². The third-order valence-corrected chi connectivity index (χ3v) is 2.61. The molecule has 0 atom stereocenters. The average Bonchev–Trinajstić information content (AvgIpc) is 2.27. The lowest BCUT2D eigenvalue weighted by molar-refractivity contribution is 0.627. The summed E-state index contributed by atoms with van der Waals surface area (Å²) < 4.78 is 12.7. The van der Waals surface area contributed by atoms with Gasteiger partial charge in [0.25, 0.3) is 0 Å². The van der Waals surface area contributed by atoms with Crippen LogP contribution < -0.4 is 10.9 Å². The normalized spacial score (nSPS) is 12.3. The van der Waals surface area contributed by atoms with Crippen LogP contribution in [-0.2, 0) is 0 Å². The molecule has 0 saturated heterocycles. The molecule has 2 N–H and O–H groups in total. The van der Waals surface area contributed by atoms with Crippen LogP contribution in [-0.4, -0.2) is 0 Å². The third-order valence-electron chi connectivity index (χ3n) is 2.61. The summed E-state index contributed by atoms with van der Waals surface area (Å²) >= 11 is 0. The Labute approximate surface area is 90.2 Å². The first-order chi connectivity index (χ1) is 7.06. The Morgan fingerprint density at radius 2 is 1.80 bits per heavy atom. The van der Waals surface area contributed by atoms with Crippen molar-refractivity contribution in [3.63, 3.8) is 0 Å². The highest BCUT2D eigenvalue weighted by Crippen LogP contribution is 2.18. The molecule has 0 aromatic heterocycles. The number of halogens is 1. The lowest BCUT2D eigenvalue weighted by Crippen LogP contribution is -2.29. The number of allylic oxidation sites excluding steroid dienone is 2. The van der Waals surface area contributed by atoms with E-state index in [-0.39, 0.29) is 5.82 Å². The van der Waals surface area contributed by atoms with Crippen LogP contribution in [0.25, 0.3) is 0 Å². The van der Waals surface area contributed by atoms with Gasteiger partial charge in [-0.15, -0.1) is 0 Å². The number of nitrogens with two attached hydrogens (primary N) is 1. The highest BCUT2D eigenvalue weighted by Gasteiger charge is 2.05. The molecule has 1 aromatic rings. The molecule has 1 rings (SSSR count). The maximum atomic E-state index is 12.7. The van der Waals surface area contributed by atoms with Gasteiger partial charge < -0.3 is 0 Å². The molecular weight excluding hydrogens is 191 g/mol. The van der Waals surface area contributed by atoms with Gasteiger partial charge in [0.15, 0.2) is 0 Å². The summed E-state index contributed by atoms with van der Waals surface area (Å²) in [6.45, 7) is 6.08. The van der Waals surface area contributed by atoms with Gasteiger partial charge in [-0.3, -0.25) is 5.01 Å². The summed E-state index contributed by atoms with van der Waals surface area (Å²) in [7, 11) is 0. The van der Waals surface area contributed by atoms with Crippen molar-refractivity contribution >= 4 is 5.69 Å². The fourth-order valence-corrected chi connectivity index (χ4v) is 1.26. The van der Waals surface area contributed by atoms with Crippen LogP contribution in [0.15, 0.2) is 35.5 Å². The number of rotatable bonds is 3. The van der Waals surface area contributed by atoms with E-state index < -0.39 is 0 Å². The predicted molar refractivity (Wildman–Crippen MR) is 61.7 cm³/mol. The molecule has 0 unspecified atom stereocenters. The van der Waals surface area contributed by atoms with E-state index in [1.165, 1.54) is 17.7 Å². The Kier molecular flexibility index (Phi) is 3.86. The minimum absolute atomic E-state index is 0.249. The zero-order valence-electron chi connectivity index (χ0n) is 9.42. The fourth-order valence-electron chi connectivity index (χ4n) is 1.26. The van der Waals surface area contributed by atoms with Crippen LogP contribution >= 0.6 is 0 Å². The van der Waals surface area contributed by atoms with Crippen LogP contribution in [0, 0.1) is 5.82 Å². The molecule has 0 amide bonds. The van der Waals surface area contributed by atoms with E-state index in [4.69, 9.17) is 5.84 Å². The molecule has 0 aliphatic heterocycles. The number of benzene rings is 1. The zero-order chi connectivity index (χ0) is 11.4.